The second-order valence-corrected chi connectivity index (χ2v) is 7.96. The number of para-hydroxylation sites is 1. The molecule has 0 radical (unpaired) electrons. The van der Waals surface area contributed by atoms with Crippen molar-refractivity contribution >= 4 is 33.5 Å². The number of carbonyl (C=O) groups is 1. The highest BCUT2D eigenvalue weighted by atomic mass is 79.9. The first-order chi connectivity index (χ1) is 14.9. The van der Waals surface area contributed by atoms with Gasteiger partial charge in [-0.15, -0.1) is 0 Å². The average molecular weight is 484 g/mol. The summed E-state index contributed by atoms with van der Waals surface area (Å²) in [4.78, 5) is 17.8. The molecule has 0 aliphatic carbocycles. The number of hydrogen-bond acceptors (Lipinski definition) is 6. The molecule has 1 aliphatic heterocycles. The van der Waals surface area contributed by atoms with Crippen LogP contribution in [-0.4, -0.2) is 34.9 Å². The lowest BCUT2D eigenvalue weighted by molar-refractivity contribution is -0.113. The standard InChI is InChI=1S/C22H22BrN5O3/c1-12-7-5-6-8-16(12)27-21(29)18-13(2)26-22-24-11-25-28(22)19(18)14-9-15(23)20(31-4)17(10-14)30-3/h5-11,19H,1-4H3,(H,27,29)(H,24,25,26). The molecule has 1 unspecified atom stereocenters. The van der Waals surface area contributed by atoms with E-state index in [1.54, 1.807) is 18.9 Å². The van der Waals surface area contributed by atoms with Crippen molar-refractivity contribution in [3.63, 3.8) is 0 Å². The lowest BCUT2D eigenvalue weighted by Crippen LogP contribution is -2.31. The number of nitrogens with one attached hydrogen (secondary N) is 2. The molecule has 2 aromatic carbocycles. The van der Waals surface area contributed by atoms with E-state index in [2.05, 4.69) is 36.6 Å². The highest BCUT2D eigenvalue weighted by Crippen LogP contribution is 2.42. The number of fused-ring (bicyclic) bond motifs is 1. The van der Waals surface area contributed by atoms with Crippen LogP contribution in [0.25, 0.3) is 0 Å². The van der Waals surface area contributed by atoms with Crippen LogP contribution in [0.3, 0.4) is 0 Å². The van der Waals surface area contributed by atoms with Crippen molar-refractivity contribution in [2.45, 2.75) is 19.9 Å². The van der Waals surface area contributed by atoms with Gasteiger partial charge < -0.3 is 20.1 Å². The van der Waals surface area contributed by atoms with Crippen LogP contribution >= 0.6 is 15.9 Å². The average Bonchev–Trinajstić information content (AvgIpc) is 3.21. The van der Waals surface area contributed by atoms with Gasteiger partial charge in [-0.1, -0.05) is 18.2 Å². The van der Waals surface area contributed by atoms with E-state index in [9.17, 15) is 4.79 Å². The molecule has 2 N–H and O–H groups in total. The summed E-state index contributed by atoms with van der Waals surface area (Å²) in [6.07, 6.45) is 1.46. The van der Waals surface area contributed by atoms with Crippen LogP contribution in [-0.2, 0) is 4.79 Å². The van der Waals surface area contributed by atoms with Crippen LogP contribution in [0, 0.1) is 6.92 Å². The van der Waals surface area contributed by atoms with Gasteiger partial charge >= 0.3 is 0 Å². The van der Waals surface area contributed by atoms with Crippen LogP contribution in [0.4, 0.5) is 11.6 Å². The Labute approximate surface area is 188 Å². The largest absolute Gasteiger partial charge is 0.493 e. The van der Waals surface area contributed by atoms with Crippen molar-refractivity contribution < 1.29 is 14.3 Å². The number of aryl methyl sites for hydroxylation is 1. The van der Waals surface area contributed by atoms with E-state index in [0.29, 0.717) is 33.2 Å². The van der Waals surface area contributed by atoms with Gasteiger partial charge in [0.15, 0.2) is 11.5 Å². The number of amides is 1. The molecule has 1 atom stereocenters. The summed E-state index contributed by atoms with van der Waals surface area (Å²) in [5.74, 6) is 1.45. The second-order valence-electron chi connectivity index (χ2n) is 7.10. The fraction of sp³-hybridized carbons (Fsp3) is 0.227. The van der Waals surface area contributed by atoms with Crippen molar-refractivity contribution in [1.29, 1.82) is 0 Å². The minimum absolute atomic E-state index is 0.226. The van der Waals surface area contributed by atoms with Crippen LogP contribution in [0.15, 0.2) is 58.5 Å². The number of carbonyl (C=O) groups excluding carboxylic acids is 1. The number of nitrogens with zero attached hydrogens (tertiary/aromatic N) is 3. The van der Waals surface area contributed by atoms with Crippen LogP contribution in [0.2, 0.25) is 0 Å². The number of methoxy groups -OCH3 is 2. The topological polar surface area (TPSA) is 90.3 Å². The predicted molar refractivity (Wildman–Crippen MR) is 122 cm³/mol. The zero-order valence-electron chi connectivity index (χ0n) is 17.6. The molecule has 8 nitrogen and oxygen atoms in total. The number of benzene rings is 2. The number of rotatable bonds is 5. The SMILES string of the molecule is COc1cc(C2C(C(=O)Nc3ccccc3C)=C(C)Nc3ncnn32)cc(Br)c1OC. The van der Waals surface area contributed by atoms with Gasteiger partial charge in [-0.05, 0) is 59.1 Å². The van der Waals surface area contributed by atoms with E-state index in [4.69, 9.17) is 9.47 Å². The Morgan fingerprint density at radius 2 is 1.97 bits per heavy atom. The fourth-order valence-corrected chi connectivity index (χ4v) is 4.31. The molecular weight excluding hydrogens is 462 g/mol. The van der Waals surface area contributed by atoms with Gasteiger partial charge in [0, 0.05) is 11.4 Å². The lowest BCUT2D eigenvalue weighted by Gasteiger charge is -2.29. The van der Waals surface area contributed by atoms with E-state index in [1.807, 2.05) is 50.2 Å². The molecule has 0 fully saturated rings. The molecule has 160 valence electrons. The van der Waals surface area contributed by atoms with Crippen molar-refractivity contribution in [1.82, 2.24) is 14.8 Å². The highest BCUT2D eigenvalue weighted by molar-refractivity contribution is 9.10. The van der Waals surface area contributed by atoms with Gasteiger partial charge in [-0.3, -0.25) is 4.79 Å². The summed E-state index contributed by atoms with van der Waals surface area (Å²) in [5.41, 5.74) is 3.75. The molecule has 1 aromatic heterocycles. The van der Waals surface area contributed by atoms with Crippen LogP contribution in [0.1, 0.15) is 24.1 Å². The Bertz CT molecular complexity index is 1190. The Hall–Kier alpha value is -3.33. The van der Waals surface area contributed by atoms with E-state index in [0.717, 1.165) is 16.8 Å². The van der Waals surface area contributed by atoms with Gasteiger partial charge in [0.1, 0.15) is 12.4 Å². The van der Waals surface area contributed by atoms with E-state index >= 15 is 0 Å². The quantitative estimate of drug-likeness (QED) is 0.562. The summed E-state index contributed by atoms with van der Waals surface area (Å²) < 4.78 is 13.4. The van der Waals surface area contributed by atoms with E-state index < -0.39 is 6.04 Å². The van der Waals surface area contributed by atoms with Crippen LogP contribution < -0.4 is 20.1 Å². The summed E-state index contributed by atoms with van der Waals surface area (Å²) in [6, 6.07) is 10.9. The molecule has 31 heavy (non-hydrogen) atoms. The Balaban J connectivity index is 1.83. The maximum Gasteiger partial charge on any atom is 0.255 e. The van der Waals surface area contributed by atoms with E-state index in [1.165, 1.54) is 6.33 Å². The minimum Gasteiger partial charge on any atom is -0.493 e. The summed E-state index contributed by atoms with van der Waals surface area (Å²) in [7, 11) is 3.15. The fourth-order valence-electron chi connectivity index (χ4n) is 3.69. The van der Waals surface area contributed by atoms with Crippen LogP contribution in [0.5, 0.6) is 11.5 Å². The third-order valence-electron chi connectivity index (χ3n) is 5.20. The second kappa shape index (κ2) is 8.43. The number of ether oxygens (including phenoxy) is 2. The molecule has 2 heterocycles. The summed E-state index contributed by atoms with van der Waals surface area (Å²) in [5, 5.41) is 10.6. The Morgan fingerprint density at radius 3 is 2.68 bits per heavy atom. The number of aromatic nitrogens is 3. The third-order valence-corrected chi connectivity index (χ3v) is 5.79. The molecule has 0 saturated carbocycles. The van der Waals surface area contributed by atoms with Crippen molar-refractivity contribution in [2.24, 2.45) is 0 Å². The van der Waals surface area contributed by atoms with Crippen molar-refractivity contribution in [3.05, 3.63) is 69.6 Å². The van der Waals surface area contributed by atoms with Gasteiger partial charge in [0.2, 0.25) is 5.95 Å². The first-order valence-corrected chi connectivity index (χ1v) is 10.4. The molecular formula is C22H22BrN5O3. The number of hydrogen-bond donors (Lipinski definition) is 2. The van der Waals surface area contributed by atoms with Crippen molar-refractivity contribution in [3.8, 4) is 11.5 Å². The normalized spacial score (nSPS) is 15.2. The third kappa shape index (κ3) is 3.76. The van der Waals surface area contributed by atoms with Gasteiger partial charge in [0.25, 0.3) is 5.91 Å². The van der Waals surface area contributed by atoms with Gasteiger partial charge in [-0.25, -0.2) is 4.68 Å². The molecule has 9 heteroatoms. The number of anilines is 2. The molecule has 0 spiro atoms. The predicted octanol–water partition coefficient (Wildman–Crippen LogP) is 4.29. The Kier molecular flexibility index (Phi) is 5.69. The smallest absolute Gasteiger partial charge is 0.255 e. The summed E-state index contributed by atoms with van der Waals surface area (Å²) >= 11 is 3.55. The number of halogens is 1. The zero-order chi connectivity index (χ0) is 22.1. The molecule has 3 aromatic rings. The first kappa shape index (κ1) is 20.9. The molecule has 0 saturated heterocycles. The number of allylic oxidation sites excluding steroid dienone is 1. The zero-order valence-corrected chi connectivity index (χ0v) is 19.1. The molecule has 4 rings (SSSR count). The van der Waals surface area contributed by atoms with Gasteiger partial charge in [-0.2, -0.15) is 10.1 Å². The maximum atomic E-state index is 13.5. The molecule has 0 bridgehead atoms. The maximum absolute atomic E-state index is 13.5. The molecule has 1 amide bonds. The highest BCUT2D eigenvalue weighted by Gasteiger charge is 2.34. The lowest BCUT2D eigenvalue weighted by atomic mass is 9.94. The monoisotopic (exact) mass is 483 g/mol. The van der Waals surface area contributed by atoms with Crippen molar-refractivity contribution in [2.75, 3.05) is 24.9 Å². The molecule has 1 aliphatic rings. The van der Waals surface area contributed by atoms with Gasteiger partial charge in [0.05, 0.1) is 24.3 Å². The van der Waals surface area contributed by atoms with E-state index in [-0.39, 0.29) is 5.91 Å². The minimum atomic E-state index is -0.515. The first-order valence-electron chi connectivity index (χ1n) is 9.60. The summed E-state index contributed by atoms with van der Waals surface area (Å²) in [6.45, 7) is 3.81. The Morgan fingerprint density at radius 1 is 1.19 bits per heavy atom.